The first kappa shape index (κ1) is 19.8. The molecule has 0 amide bonds. The monoisotopic (exact) mass is 425 g/mol. The fourth-order valence-electron chi connectivity index (χ4n) is 3.90. The van der Waals surface area contributed by atoms with Gasteiger partial charge in [0.05, 0.1) is 29.7 Å². The molecule has 1 saturated heterocycles. The second kappa shape index (κ2) is 7.82. The number of hydrogen-bond donors (Lipinski definition) is 1. The van der Waals surface area contributed by atoms with E-state index in [0.717, 1.165) is 12.1 Å². The number of aromatic nitrogens is 4. The summed E-state index contributed by atoms with van der Waals surface area (Å²) in [5.41, 5.74) is 2.60. The number of morpholine rings is 1. The van der Waals surface area contributed by atoms with E-state index < -0.39 is 11.6 Å². The van der Waals surface area contributed by atoms with Gasteiger partial charge in [-0.15, -0.1) is 10.2 Å². The smallest absolute Gasteiger partial charge is 0.247 e. The predicted molar refractivity (Wildman–Crippen MR) is 110 cm³/mol. The van der Waals surface area contributed by atoms with E-state index in [-0.39, 0.29) is 28.8 Å². The first-order valence-corrected chi connectivity index (χ1v) is 10.1. The molecule has 1 fully saturated rings. The van der Waals surface area contributed by atoms with Gasteiger partial charge in [0.15, 0.2) is 0 Å². The lowest BCUT2D eigenvalue weighted by Gasteiger charge is -2.24. The van der Waals surface area contributed by atoms with Crippen LogP contribution in [-0.2, 0) is 11.2 Å². The number of fused-ring (bicyclic) bond motifs is 1. The van der Waals surface area contributed by atoms with Crippen LogP contribution in [0, 0.1) is 25.5 Å². The molecule has 9 heteroatoms. The standard InChI is InChI=1S/C22H21F2N5O2/c1-12-3-5-29-18(10-15-11-25-4-6-30-15)21(26-19(29)7-12)20-16(23)8-14(9-17(20)24)22-28-27-13(2)31-22/h3,5,7-9,15,25H,4,6,10-11H2,1-2H3. The minimum Gasteiger partial charge on any atom is -0.421 e. The van der Waals surface area contributed by atoms with Gasteiger partial charge in [-0.05, 0) is 36.8 Å². The van der Waals surface area contributed by atoms with Crippen LogP contribution in [0.3, 0.4) is 0 Å². The Balaban J connectivity index is 1.64. The first-order chi connectivity index (χ1) is 15.0. The van der Waals surface area contributed by atoms with Crippen LogP contribution in [0.25, 0.3) is 28.4 Å². The van der Waals surface area contributed by atoms with Crippen LogP contribution >= 0.6 is 0 Å². The maximum Gasteiger partial charge on any atom is 0.247 e. The van der Waals surface area contributed by atoms with E-state index in [1.807, 2.05) is 29.7 Å². The third-order valence-corrected chi connectivity index (χ3v) is 5.36. The summed E-state index contributed by atoms with van der Waals surface area (Å²) >= 11 is 0. The van der Waals surface area contributed by atoms with Crippen molar-refractivity contribution >= 4 is 5.65 Å². The van der Waals surface area contributed by atoms with E-state index in [1.54, 1.807) is 6.92 Å². The Labute approximate surface area is 177 Å². The fourth-order valence-corrected chi connectivity index (χ4v) is 3.90. The van der Waals surface area contributed by atoms with Crippen molar-refractivity contribution in [3.8, 4) is 22.7 Å². The van der Waals surface area contributed by atoms with Gasteiger partial charge in [-0.1, -0.05) is 0 Å². The molecule has 160 valence electrons. The van der Waals surface area contributed by atoms with Crippen LogP contribution in [0.4, 0.5) is 8.78 Å². The van der Waals surface area contributed by atoms with Crippen LogP contribution in [0.5, 0.6) is 0 Å². The van der Waals surface area contributed by atoms with Crippen molar-refractivity contribution in [3.63, 3.8) is 0 Å². The van der Waals surface area contributed by atoms with Crippen molar-refractivity contribution in [3.05, 3.63) is 59.2 Å². The highest BCUT2D eigenvalue weighted by molar-refractivity contribution is 5.71. The molecule has 1 aliphatic rings. The van der Waals surface area contributed by atoms with Gasteiger partial charge in [-0.2, -0.15) is 0 Å². The summed E-state index contributed by atoms with van der Waals surface area (Å²) < 4.78 is 43.5. The molecule has 0 saturated carbocycles. The Bertz CT molecular complexity index is 1240. The van der Waals surface area contributed by atoms with E-state index in [1.165, 1.54) is 12.1 Å². The molecule has 4 heterocycles. The minimum atomic E-state index is -0.741. The SMILES string of the molecule is Cc1ccn2c(CC3CNCCO3)c(-c3c(F)cc(-c4nnc(C)o4)cc3F)nc2c1. The van der Waals surface area contributed by atoms with Crippen molar-refractivity contribution in [2.24, 2.45) is 0 Å². The molecule has 1 aromatic carbocycles. The molecule has 1 unspecified atom stereocenters. The number of hydrogen-bond acceptors (Lipinski definition) is 6. The van der Waals surface area contributed by atoms with Crippen molar-refractivity contribution < 1.29 is 17.9 Å². The number of halogens is 2. The average molecular weight is 425 g/mol. The lowest BCUT2D eigenvalue weighted by atomic mass is 10.0. The zero-order chi connectivity index (χ0) is 21.5. The lowest BCUT2D eigenvalue weighted by molar-refractivity contribution is 0.0286. The second-order valence-electron chi connectivity index (χ2n) is 7.68. The van der Waals surface area contributed by atoms with Crippen molar-refractivity contribution in [2.45, 2.75) is 26.4 Å². The molecular weight excluding hydrogens is 404 g/mol. The zero-order valence-electron chi connectivity index (χ0n) is 17.2. The maximum atomic E-state index is 15.2. The second-order valence-corrected chi connectivity index (χ2v) is 7.68. The predicted octanol–water partition coefficient (Wildman–Crippen LogP) is 3.48. The molecule has 1 aliphatic heterocycles. The number of ether oxygens (including phenoxy) is 1. The number of nitrogens with one attached hydrogen (secondary N) is 1. The summed E-state index contributed by atoms with van der Waals surface area (Å²) in [6.45, 7) is 5.61. The van der Waals surface area contributed by atoms with Crippen LogP contribution in [0.1, 0.15) is 17.1 Å². The van der Waals surface area contributed by atoms with Crippen molar-refractivity contribution in [1.82, 2.24) is 24.9 Å². The summed E-state index contributed by atoms with van der Waals surface area (Å²) in [6.07, 6.45) is 2.23. The number of aryl methyl sites for hydroxylation is 2. The quantitative estimate of drug-likeness (QED) is 0.540. The van der Waals surface area contributed by atoms with Gasteiger partial charge in [0.1, 0.15) is 17.3 Å². The van der Waals surface area contributed by atoms with Crippen LogP contribution in [0.15, 0.2) is 34.9 Å². The number of pyridine rings is 1. The zero-order valence-corrected chi connectivity index (χ0v) is 17.2. The van der Waals surface area contributed by atoms with Crippen LogP contribution in [0.2, 0.25) is 0 Å². The first-order valence-electron chi connectivity index (χ1n) is 10.1. The summed E-state index contributed by atoms with van der Waals surface area (Å²) in [4.78, 5) is 4.59. The van der Waals surface area contributed by atoms with E-state index >= 15 is 8.78 Å². The van der Waals surface area contributed by atoms with Crippen LogP contribution < -0.4 is 5.32 Å². The van der Waals surface area contributed by atoms with E-state index in [0.29, 0.717) is 36.8 Å². The normalized spacial score (nSPS) is 16.8. The van der Waals surface area contributed by atoms with Crippen molar-refractivity contribution in [1.29, 1.82) is 0 Å². The van der Waals surface area contributed by atoms with Gasteiger partial charge in [0.25, 0.3) is 0 Å². The highest BCUT2D eigenvalue weighted by Crippen LogP contribution is 2.33. The van der Waals surface area contributed by atoms with Gasteiger partial charge in [-0.3, -0.25) is 0 Å². The summed E-state index contributed by atoms with van der Waals surface area (Å²) in [5, 5.41) is 10.9. The van der Waals surface area contributed by atoms with E-state index in [9.17, 15) is 0 Å². The molecule has 7 nitrogen and oxygen atoms in total. The summed E-state index contributed by atoms with van der Waals surface area (Å²) in [7, 11) is 0. The van der Waals surface area contributed by atoms with Gasteiger partial charge in [0, 0.05) is 38.2 Å². The Morgan fingerprint density at radius 1 is 1.16 bits per heavy atom. The molecule has 0 radical (unpaired) electrons. The Kier molecular flexibility index (Phi) is 4.99. The lowest BCUT2D eigenvalue weighted by Crippen LogP contribution is -2.39. The molecule has 3 aromatic heterocycles. The Morgan fingerprint density at radius 2 is 1.97 bits per heavy atom. The Morgan fingerprint density at radius 3 is 2.65 bits per heavy atom. The molecule has 0 bridgehead atoms. The van der Waals surface area contributed by atoms with E-state index in [2.05, 4.69) is 20.5 Å². The van der Waals surface area contributed by atoms with Gasteiger partial charge < -0.3 is 18.9 Å². The molecule has 31 heavy (non-hydrogen) atoms. The largest absolute Gasteiger partial charge is 0.421 e. The molecule has 1 N–H and O–H groups in total. The molecule has 0 spiro atoms. The summed E-state index contributed by atoms with van der Waals surface area (Å²) in [6, 6.07) is 6.22. The minimum absolute atomic E-state index is 0.0642. The number of nitrogens with zero attached hydrogens (tertiary/aromatic N) is 4. The Hall–Kier alpha value is -3.17. The maximum absolute atomic E-state index is 15.2. The summed E-state index contributed by atoms with van der Waals surface area (Å²) in [5.74, 6) is -1.10. The third-order valence-electron chi connectivity index (χ3n) is 5.36. The van der Waals surface area contributed by atoms with Crippen molar-refractivity contribution in [2.75, 3.05) is 19.7 Å². The fraction of sp³-hybridized carbons (Fsp3) is 0.318. The number of rotatable bonds is 4. The topological polar surface area (TPSA) is 77.5 Å². The third kappa shape index (κ3) is 3.70. The van der Waals surface area contributed by atoms with E-state index in [4.69, 9.17) is 9.15 Å². The number of benzene rings is 1. The van der Waals surface area contributed by atoms with Crippen LogP contribution in [-0.4, -0.2) is 45.4 Å². The number of imidazole rings is 1. The van der Waals surface area contributed by atoms with Gasteiger partial charge >= 0.3 is 0 Å². The van der Waals surface area contributed by atoms with Gasteiger partial charge in [0.2, 0.25) is 11.8 Å². The molecule has 4 aromatic rings. The van der Waals surface area contributed by atoms with Gasteiger partial charge in [-0.25, -0.2) is 13.8 Å². The highest BCUT2D eigenvalue weighted by atomic mass is 19.1. The highest BCUT2D eigenvalue weighted by Gasteiger charge is 2.25. The molecular formula is C22H21F2N5O2. The molecule has 0 aliphatic carbocycles. The average Bonchev–Trinajstić information content (AvgIpc) is 3.32. The molecule has 5 rings (SSSR count). The molecule has 1 atom stereocenters.